The quantitative estimate of drug-likeness (QED) is 0.429. The molecule has 0 saturated carbocycles. The van der Waals surface area contributed by atoms with Crippen molar-refractivity contribution in [1.82, 2.24) is 0 Å². The van der Waals surface area contributed by atoms with Crippen LogP contribution in [0.4, 0.5) is 10.1 Å². The van der Waals surface area contributed by atoms with Gasteiger partial charge in [-0.2, -0.15) is 0 Å². The molecule has 0 fully saturated rings. The molecule has 0 spiro atoms. The molecule has 0 heterocycles. The third-order valence-electron chi connectivity index (χ3n) is 2.22. The number of aryl methyl sites for hydroxylation is 1. The van der Waals surface area contributed by atoms with E-state index < -0.39 is 16.5 Å². The van der Waals surface area contributed by atoms with E-state index in [0.717, 1.165) is 6.07 Å². The number of halogens is 1. The summed E-state index contributed by atoms with van der Waals surface area (Å²) in [6.45, 7) is 4.01. The Bertz CT molecular complexity index is 416. The average molecular weight is 211 g/mol. The molecule has 0 aromatic heterocycles. The van der Waals surface area contributed by atoms with Gasteiger partial charge in [0.25, 0.3) is 5.69 Å². The molecule has 0 amide bonds. The molecule has 1 aromatic rings. The minimum Gasteiger partial charge on any atom is -0.294 e. The lowest BCUT2D eigenvalue weighted by molar-refractivity contribution is -0.386. The first kappa shape index (κ1) is 11.3. The SMILES string of the molecule is CC(=O)c1c(F)cc(C)c([N+](=O)[O-])c1C. The van der Waals surface area contributed by atoms with E-state index in [0.29, 0.717) is 0 Å². The summed E-state index contributed by atoms with van der Waals surface area (Å²) in [7, 11) is 0. The predicted octanol–water partition coefficient (Wildman–Crippen LogP) is 2.55. The molecule has 15 heavy (non-hydrogen) atoms. The molecule has 0 aliphatic heterocycles. The summed E-state index contributed by atoms with van der Waals surface area (Å²) >= 11 is 0. The van der Waals surface area contributed by atoms with Gasteiger partial charge in [0.1, 0.15) is 5.82 Å². The van der Waals surface area contributed by atoms with Crippen LogP contribution in [0.1, 0.15) is 28.4 Å². The summed E-state index contributed by atoms with van der Waals surface area (Å²) < 4.78 is 13.4. The summed E-state index contributed by atoms with van der Waals surface area (Å²) in [6, 6.07) is 1.02. The lowest BCUT2D eigenvalue weighted by Gasteiger charge is -2.06. The number of hydrogen-bond acceptors (Lipinski definition) is 3. The molecule has 0 atom stereocenters. The molecule has 0 aliphatic rings. The maximum absolute atomic E-state index is 13.4. The molecule has 0 aliphatic carbocycles. The molecule has 0 saturated heterocycles. The zero-order valence-electron chi connectivity index (χ0n) is 8.63. The fourth-order valence-electron chi connectivity index (χ4n) is 1.64. The first-order chi connectivity index (χ1) is 6.86. The lowest BCUT2D eigenvalue weighted by Crippen LogP contribution is -2.06. The van der Waals surface area contributed by atoms with E-state index >= 15 is 0 Å². The van der Waals surface area contributed by atoms with Crippen LogP contribution in [-0.2, 0) is 0 Å². The number of hydrogen-bond donors (Lipinski definition) is 0. The second kappa shape index (κ2) is 3.76. The lowest BCUT2D eigenvalue weighted by atomic mass is 9.99. The van der Waals surface area contributed by atoms with Gasteiger partial charge in [0.05, 0.1) is 10.5 Å². The minimum atomic E-state index is -0.705. The number of Topliss-reactive ketones (excluding diaryl/α,β-unsaturated/α-hetero) is 1. The number of nitro benzene ring substituents is 1. The van der Waals surface area contributed by atoms with E-state index in [4.69, 9.17) is 0 Å². The van der Waals surface area contributed by atoms with Crippen LogP contribution in [0.2, 0.25) is 0 Å². The molecular formula is C10H10FNO3. The second-order valence-electron chi connectivity index (χ2n) is 3.34. The molecule has 0 radical (unpaired) electrons. The van der Waals surface area contributed by atoms with Crippen molar-refractivity contribution in [2.75, 3.05) is 0 Å². The van der Waals surface area contributed by atoms with Crippen molar-refractivity contribution in [3.8, 4) is 0 Å². The van der Waals surface area contributed by atoms with Gasteiger partial charge >= 0.3 is 0 Å². The molecule has 1 aromatic carbocycles. The van der Waals surface area contributed by atoms with Crippen molar-refractivity contribution >= 4 is 11.5 Å². The first-order valence-corrected chi connectivity index (χ1v) is 4.31. The van der Waals surface area contributed by atoms with E-state index in [2.05, 4.69) is 0 Å². The maximum atomic E-state index is 13.4. The molecule has 80 valence electrons. The number of carbonyl (C=O) groups is 1. The van der Waals surface area contributed by atoms with Crippen LogP contribution in [0.25, 0.3) is 0 Å². The van der Waals surface area contributed by atoms with Crippen molar-refractivity contribution in [3.63, 3.8) is 0 Å². The van der Waals surface area contributed by atoms with E-state index in [1.165, 1.54) is 20.8 Å². The maximum Gasteiger partial charge on any atom is 0.276 e. The molecular weight excluding hydrogens is 201 g/mol. The fraction of sp³-hybridized carbons (Fsp3) is 0.300. The summed E-state index contributed by atoms with van der Waals surface area (Å²) in [5, 5.41) is 10.7. The van der Waals surface area contributed by atoms with Gasteiger partial charge in [0.15, 0.2) is 5.78 Å². The molecule has 0 unspecified atom stereocenters. The summed E-state index contributed by atoms with van der Waals surface area (Å²) in [5.41, 5.74) is -0.0844. The normalized spacial score (nSPS) is 10.1. The number of ketones is 1. The van der Waals surface area contributed by atoms with Crippen LogP contribution in [0.5, 0.6) is 0 Å². The standard InChI is InChI=1S/C10H10FNO3/c1-5-4-8(11)9(7(3)13)6(2)10(5)12(14)15/h4H,1-3H3. The number of nitrogens with zero attached hydrogens (tertiary/aromatic N) is 1. The van der Waals surface area contributed by atoms with Crippen molar-refractivity contribution in [3.05, 3.63) is 38.7 Å². The fourth-order valence-corrected chi connectivity index (χ4v) is 1.64. The van der Waals surface area contributed by atoms with Crippen LogP contribution >= 0.6 is 0 Å². The van der Waals surface area contributed by atoms with Crippen LogP contribution in [-0.4, -0.2) is 10.7 Å². The highest BCUT2D eigenvalue weighted by atomic mass is 19.1. The number of benzene rings is 1. The van der Waals surface area contributed by atoms with Crippen LogP contribution in [0.3, 0.4) is 0 Å². The van der Waals surface area contributed by atoms with Crippen LogP contribution in [0, 0.1) is 29.8 Å². The van der Waals surface area contributed by atoms with Crippen molar-refractivity contribution in [2.45, 2.75) is 20.8 Å². The van der Waals surface area contributed by atoms with Gasteiger partial charge in [-0.1, -0.05) is 0 Å². The summed E-state index contributed by atoms with van der Waals surface area (Å²) in [4.78, 5) is 21.2. The molecule has 1 rings (SSSR count). The third kappa shape index (κ3) is 1.86. The number of rotatable bonds is 2. The topological polar surface area (TPSA) is 60.2 Å². The van der Waals surface area contributed by atoms with Crippen molar-refractivity contribution < 1.29 is 14.1 Å². The van der Waals surface area contributed by atoms with Gasteiger partial charge in [-0.3, -0.25) is 14.9 Å². The predicted molar refractivity (Wildman–Crippen MR) is 52.5 cm³/mol. The molecule has 4 nitrogen and oxygen atoms in total. The Hall–Kier alpha value is -1.78. The van der Waals surface area contributed by atoms with E-state index in [-0.39, 0.29) is 22.4 Å². The van der Waals surface area contributed by atoms with Gasteiger partial charge in [0, 0.05) is 11.1 Å². The first-order valence-electron chi connectivity index (χ1n) is 4.31. The summed E-state index contributed by atoms with van der Waals surface area (Å²) in [6.07, 6.45) is 0. The Kier molecular flexibility index (Phi) is 2.83. The zero-order valence-corrected chi connectivity index (χ0v) is 8.63. The Balaban J connectivity index is 3.64. The molecule has 0 N–H and O–H groups in total. The number of carbonyl (C=O) groups excluding carboxylic acids is 1. The third-order valence-corrected chi connectivity index (χ3v) is 2.22. The van der Waals surface area contributed by atoms with Crippen LogP contribution in [0.15, 0.2) is 6.07 Å². The number of nitro groups is 1. The minimum absolute atomic E-state index is 0.0880. The van der Waals surface area contributed by atoms with E-state index in [9.17, 15) is 19.3 Å². The van der Waals surface area contributed by atoms with Gasteiger partial charge in [-0.15, -0.1) is 0 Å². The smallest absolute Gasteiger partial charge is 0.276 e. The Morgan fingerprint density at radius 3 is 2.40 bits per heavy atom. The Morgan fingerprint density at radius 1 is 1.47 bits per heavy atom. The molecule has 0 bridgehead atoms. The Morgan fingerprint density at radius 2 is 2.00 bits per heavy atom. The van der Waals surface area contributed by atoms with E-state index in [1.54, 1.807) is 0 Å². The monoisotopic (exact) mass is 211 g/mol. The summed E-state index contributed by atoms with van der Waals surface area (Å²) in [5.74, 6) is -1.21. The van der Waals surface area contributed by atoms with Gasteiger partial charge in [-0.05, 0) is 26.8 Å². The largest absolute Gasteiger partial charge is 0.294 e. The van der Waals surface area contributed by atoms with Gasteiger partial charge in [0.2, 0.25) is 0 Å². The Labute approximate surface area is 85.9 Å². The van der Waals surface area contributed by atoms with Crippen molar-refractivity contribution in [2.24, 2.45) is 0 Å². The van der Waals surface area contributed by atoms with Crippen LogP contribution < -0.4 is 0 Å². The average Bonchev–Trinajstić information content (AvgIpc) is 1.99. The molecule has 5 heteroatoms. The highest BCUT2D eigenvalue weighted by Crippen LogP contribution is 2.28. The zero-order chi connectivity index (χ0) is 11.7. The van der Waals surface area contributed by atoms with E-state index in [1.807, 2.05) is 0 Å². The second-order valence-corrected chi connectivity index (χ2v) is 3.34. The highest BCUT2D eigenvalue weighted by molar-refractivity contribution is 5.97. The van der Waals surface area contributed by atoms with Gasteiger partial charge < -0.3 is 0 Å². The highest BCUT2D eigenvalue weighted by Gasteiger charge is 2.23. The van der Waals surface area contributed by atoms with Crippen molar-refractivity contribution in [1.29, 1.82) is 0 Å². The van der Waals surface area contributed by atoms with Gasteiger partial charge in [-0.25, -0.2) is 4.39 Å².